The van der Waals surface area contributed by atoms with Crippen LogP contribution in [0.15, 0.2) is 36.5 Å². The summed E-state index contributed by atoms with van der Waals surface area (Å²) in [6, 6.07) is 9.50. The average Bonchev–Trinajstić information content (AvgIpc) is 3.49. The molecule has 0 atom stereocenters. The van der Waals surface area contributed by atoms with Gasteiger partial charge in [0.2, 0.25) is 5.91 Å². The number of aryl methyl sites for hydroxylation is 1. The van der Waals surface area contributed by atoms with Crippen LogP contribution in [-0.2, 0) is 22.5 Å². The maximum absolute atomic E-state index is 12.5. The van der Waals surface area contributed by atoms with Gasteiger partial charge in [-0.05, 0) is 36.8 Å². The van der Waals surface area contributed by atoms with Crippen molar-refractivity contribution >= 4 is 23.8 Å². The van der Waals surface area contributed by atoms with Crippen molar-refractivity contribution in [2.24, 2.45) is 0 Å². The van der Waals surface area contributed by atoms with E-state index in [9.17, 15) is 14.4 Å². The predicted molar refractivity (Wildman–Crippen MR) is 119 cm³/mol. The van der Waals surface area contributed by atoms with Crippen LogP contribution in [0.25, 0.3) is 11.3 Å². The molecule has 0 bridgehead atoms. The standard InChI is InChI=1S/C23H25N5O4/c1-15-11-18(20(14-29)25-15)23(31)27(2)7-9-32-10-8-28-21(5-6-24-28)16-3-4-19-17(12-16)13-22(30)26-19/h3-6,11-12,14,25H,7-10,13H2,1-2H3,(H,26,30). The van der Waals surface area contributed by atoms with Crippen LogP contribution in [0.3, 0.4) is 0 Å². The summed E-state index contributed by atoms with van der Waals surface area (Å²) < 4.78 is 7.58. The van der Waals surface area contributed by atoms with Crippen LogP contribution in [0.4, 0.5) is 5.69 Å². The summed E-state index contributed by atoms with van der Waals surface area (Å²) >= 11 is 0. The van der Waals surface area contributed by atoms with Crippen molar-refractivity contribution in [3.8, 4) is 11.3 Å². The Morgan fingerprint density at radius 1 is 1.28 bits per heavy atom. The van der Waals surface area contributed by atoms with Crippen molar-refractivity contribution in [1.82, 2.24) is 19.7 Å². The molecule has 0 saturated carbocycles. The van der Waals surface area contributed by atoms with Crippen LogP contribution >= 0.6 is 0 Å². The van der Waals surface area contributed by atoms with Crippen molar-refractivity contribution in [1.29, 1.82) is 0 Å². The number of rotatable bonds is 9. The number of ether oxygens (including phenoxy) is 1. The van der Waals surface area contributed by atoms with Gasteiger partial charge in [-0.15, -0.1) is 0 Å². The molecule has 9 heteroatoms. The summed E-state index contributed by atoms with van der Waals surface area (Å²) in [5.41, 5.74) is 5.22. The van der Waals surface area contributed by atoms with Crippen molar-refractivity contribution in [2.45, 2.75) is 19.9 Å². The van der Waals surface area contributed by atoms with Gasteiger partial charge in [-0.1, -0.05) is 6.07 Å². The first-order valence-corrected chi connectivity index (χ1v) is 10.4. The number of nitrogens with one attached hydrogen (secondary N) is 2. The SMILES string of the molecule is Cc1cc(C(=O)N(C)CCOCCn2nccc2-c2ccc3c(c2)CC(=O)N3)c(C=O)[nH]1. The highest BCUT2D eigenvalue weighted by Crippen LogP contribution is 2.28. The van der Waals surface area contributed by atoms with E-state index in [4.69, 9.17) is 4.74 Å². The van der Waals surface area contributed by atoms with Gasteiger partial charge in [0, 0.05) is 36.7 Å². The zero-order chi connectivity index (χ0) is 22.7. The summed E-state index contributed by atoms with van der Waals surface area (Å²) in [5.74, 6) is -0.212. The Kier molecular flexibility index (Phi) is 6.18. The summed E-state index contributed by atoms with van der Waals surface area (Å²) in [7, 11) is 1.68. The van der Waals surface area contributed by atoms with Crippen molar-refractivity contribution in [3.05, 3.63) is 59.0 Å². The van der Waals surface area contributed by atoms with Crippen molar-refractivity contribution in [2.75, 3.05) is 32.1 Å². The molecule has 0 aliphatic carbocycles. The number of likely N-dealkylation sites (N-methyl/N-ethyl adjacent to an activating group) is 1. The van der Waals surface area contributed by atoms with Gasteiger partial charge in [0.1, 0.15) is 0 Å². The van der Waals surface area contributed by atoms with Gasteiger partial charge in [-0.25, -0.2) is 0 Å². The lowest BCUT2D eigenvalue weighted by Gasteiger charge is -2.17. The lowest BCUT2D eigenvalue weighted by Crippen LogP contribution is -2.30. The number of aromatic nitrogens is 3. The van der Waals surface area contributed by atoms with Gasteiger partial charge in [-0.2, -0.15) is 5.10 Å². The number of nitrogens with zero attached hydrogens (tertiary/aromatic N) is 3. The highest BCUT2D eigenvalue weighted by atomic mass is 16.5. The second-order valence-corrected chi connectivity index (χ2v) is 7.77. The summed E-state index contributed by atoms with van der Waals surface area (Å²) in [4.78, 5) is 39.7. The zero-order valence-electron chi connectivity index (χ0n) is 18.1. The van der Waals surface area contributed by atoms with E-state index in [0.29, 0.717) is 44.6 Å². The topological polar surface area (TPSA) is 109 Å². The monoisotopic (exact) mass is 435 g/mol. The highest BCUT2D eigenvalue weighted by Gasteiger charge is 2.19. The summed E-state index contributed by atoms with van der Waals surface area (Å²) in [6.07, 6.45) is 2.78. The molecular formula is C23H25N5O4. The predicted octanol–water partition coefficient (Wildman–Crippen LogP) is 2.28. The Labute approximate surface area is 185 Å². The lowest BCUT2D eigenvalue weighted by atomic mass is 10.1. The molecule has 1 aliphatic heterocycles. The molecule has 3 aromatic rings. The fourth-order valence-corrected chi connectivity index (χ4v) is 3.79. The molecule has 166 valence electrons. The Bertz CT molecular complexity index is 1160. The molecule has 2 amide bonds. The van der Waals surface area contributed by atoms with E-state index in [2.05, 4.69) is 15.4 Å². The number of fused-ring (bicyclic) bond motifs is 1. The van der Waals surface area contributed by atoms with E-state index in [1.54, 1.807) is 26.2 Å². The number of hydrogen-bond acceptors (Lipinski definition) is 5. The molecule has 9 nitrogen and oxygen atoms in total. The molecule has 1 aromatic carbocycles. The van der Waals surface area contributed by atoms with Crippen LogP contribution < -0.4 is 5.32 Å². The van der Waals surface area contributed by atoms with Crippen LogP contribution in [0.1, 0.15) is 32.1 Å². The number of carbonyl (C=O) groups excluding carboxylic acids is 3. The zero-order valence-corrected chi connectivity index (χ0v) is 18.1. The number of carbonyl (C=O) groups is 3. The summed E-state index contributed by atoms with van der Waals surface area (Å²) in [5, 5.41) is 7.22. The van der Waals surface area contributed by atoms with Crippen LogP contribution in [0, 0.1) is 6.92 Å². The molecule has 2 aromatic heterocycles. The fourth-order valence-electron chi connectivity index (χ4n) is 3.79. The quantitative estimate of drug-likeness (QED) is 0.396. The lowest BCUT2D eigenvalue weighted by molar-refractivity contribution is -0.115. The van der Waals surface area contributed by atoms with Crippen LogP contribution in [0.2, 0.25) is 0 Å². The average molecular weight is 435 g/mol. The number of aromatic amines is 1. The molecule has 1 aliphatic rings. The number of hydrogen-bond donors (Lipinski definition) is 2. The molecule has 32 heavy (non-hydrogen) atoms. The molecule has 0 unspecified atom stereocenters. The van der Waals surface area contributed by atoms with Gasteiger partial charge in [0.15, 0.2) is 6.29 Å². The number of aldehydes is 1. The Hall–Kier alpha value is -3.72. The first-order valence-electron chi connectivity index (χ1n) is 10.4. The number of benzene rings is 1. The molecular weight excluding hydrogens is 410 g/mol. The van der Waals surface area contributed by atoms with Gasteiger partial charge in [0.05, 0.1) is 43.1 Å². The van der Waals surface area contributed by atoms with E-state index >= 15 is 0 Å². The number of anilines is 1. The Morgan fingerprint density at radius 3 is 2.94 bits per heavy atom. The Balaban J connectivity index is 1.28. The minimum atomic E-state index is -0.223. The molecule has 0 saturated heterocycles. The van der Waals surface area contributed by atoms with Gasteiger partial charge in [-0.3, -0.25) is 19.1 Å². The second-order valence-electron chi connectivity index (χ2n) is 7.77. The normalized spacial score (nSPS) is 12.5. The third-order valence-corrected chi connectivity index (χ3v) is 5.44. The second kappa shape index (κ2) is 9.19. The largest absolute Gasteiger partial charge is 0.378 e. The van der Waals surface area contributed by atoms with E-state index in [1.807, 2.05) is 28.9 Å². The van der Waals surface area contributed by atoms with Crippen molar-refractivity contribution in [3.63, 3.8) is 0 Å². The van der Waals surface area contributed by atoms with E-state index in [0.717, 1.165) is 28.2 Å². The van der Waals surface area contributed by atoms with Gasteiger partial charge >= 0.3 is 0 Å². The number of amides is 2. The molecule has 0 spiro atoms. The molecule has 2 N–H and O–H groups in total. The maximum atomic E-state index is 12.5. The minimum absolute atomic E-state index is 0.0107. The smallest absolute Gasteiger partial charge is 0.255 e. The van der Waals surface area contributed by atoms with E-state index in [1.165, 1.54) is 4.90 Å². The molecule has 0 radical (unpaired) electrons. The highest BCUT2D eigenvalue weighted by molar-refractivity contribution is 6.01. The molecule has 0 fully saturated rings. The van der Waals surface area contributed by atoms with Crippen LogP contribution in [0.5, 0.6) is 0 Å². The first-order chi connectivity index (χ1) is 15.5. The van der Waals surface area contributed by atoms with Gasteiger partial charge in [0.25, 0.3) is 5.91 Å². The van der Waals surface area contributed by atoms with Crippen molar-refractivity contribution < 1.29 is 19.1 Å². The minimum Gasteiger partial charge on any atom is -0.378 e. The number of H-pyrrole nitrogens is 1. The fraction of sp³-hybridized carbons (Fsp3) is 0.304. The first kappa shape index (κ1) is 21.5. The van der Waals surface area contributed by atoms with E-state index in [-0.39, 0.29) is 17.5 Å². The molecule has 4 rings (SSSR count). The van der Waals surface area contributed by atoms with E-state index < -0.39 is 0 Å². The third-order valence-electron chi connectivity index (χ3n) is 5.44. The van der Waals surface area contributed by atoms with Gasteiger partial charge < -0.3 is 19.9 Å². The third kappa shape index (κ3) is 4.47. The molecule has 3 heterocycles. The van der Waals surface area contributed by atoms with Crippen LogP contribution in [-0.4, -0.2) is 64.6 Å². The Morgan fingerprint density at radius 2 is 2.12 bits per heavy atom. The summed E-state index contributed by atoms with van der Waals surface area (Å²) in [6.45, 7) is 3.56. The maximum Gasteiger partial charge on any atom is 0.255 e.